The molecule has 0 aliphatic carbocycles. The van der Waals surface area contributed by atoms with Crippen molar-refractivity contribution in [1.82, 2.24) is 13.7 Å². The summed E-state index contributed by atoms with van der Waals surface area (Å²) in [5.74, 6) is 0. The van der Waals surface area contributed by atoms with E-state index in [1.807, 2.05) is 12.1 Å². The third-order valence-electron chi connectivity index (χ3n) is 11.9. The Morgan fingerprint density at radius 2 is 1.09 bits per heavy atom. The summed E-state index contributed by atoms with van der Waals surface area (Å²) in [5, 5.41) is 17.9. The zero-order valence-electron chi connectivity index (χ0n) is 30.3. The Morgan fingerprint density at radius 1 is 0.464 bits per heavy atom. The van der Waals surface area contributed by atoms with E-state index in [9.17, 15) is 5.26 Å². The van der Waals surface area contributed by atoms with E-state index in [2.05, 4.69) is 196 Å². The summed E-state index contributed by atoms with van der Waals surface area (Å²) < 4.78 is 7.38. The van der Waals surface area contributed by atoms with Crippen molar-refractivity contribution in [2.24, 2.45) is 0 Å². The van der Waals surface area contributed by atoms with Gasteiger partial charge in [0, 0.05) is 54.8 Å². The standard InChI is InChI=1S/C52H32N4/c53-32-35-17-13-16-34-26-28-44(33-14-3-1-4-15-33)56-51-42(30-37(31-43(51)49(34)35)55-45-23-10-7-20-38(45)39-21-8-11-24-46(39)55)40-27-29-48-50(52(40)56)41-22-9-12-25-47(41)54(48)36-18-5-2-6-19-36/h1-31,44H. The zero-order valence-corrected chi connectivity index (χ0v) is 30.3. The van der Waals surface area contributed by atoms with E-state index in [1.165, 1.54) is 43.5 Å². The second-order valence-electron chi connectivity index (χ2n) is 14.8. The number of aromatic nitrogens is 3. The first-order valence-electron chi connectivity index (χ1n) is 19.1. The average molecular weight is 713 g/mol. The van der Waals surface area contributed by atoms with Crippen LogP contribution in [0.15, 0.2) is 182 Å². The molecular formula is C52H32N4. The smallest absolute Gasteiger partial charge is 0.0998 e. The molecule has 4 nitrogen and oxygen atoms in total. The number of fused-ring (bicyclic) bond motifs is 12. The summed E-state index contributed by atoms with van der Waals surface area (Å²) >= 11 is 0. The van der Waals surface area contributed by atoms with E-state index in [-0.39, 0.29) is 6.04 Å². The van der Waals surface area contributed by atoms with Crippen molar-refractivity contribution in [2.45, 2.75) is 6.04 Å². The highest BCUT2D eigenvalue weighted by molar-refractivity contribution is 6.27. The molecular weight excluding hydrogens is 681 g/mol. The Kier molecular flexibility index (Phi) is 6.43. The van der Waals surface area contributed by atoms with Gasteiger partial charge in [0.05, 0.1) is 50.8 Å². The van der Waals surface area contributed by atoms with Crippen LogP contribution in [0.1, 0.15) is 22.7 Å². The minimum Gasteiger partial charge on any atom is -0.328 e. The first kappa shape index (κ1) is 30.8. The lowest BCUT2D eigenvalue weighted by Gasteiger charge is -2.24. The van der Waals surface area contributed by atoms with Crippen LogP contribution in [0.4, 0.5) is 0 Å². The van der Waals surface area contributed by atoms with Gasteiger partial charge in [-0.05, 0) is 65.7 Å². The van der Waals surface area contributed by atoms with Crippen molar-refractivity contribution in [3.8, 4) is 28.6 Å². The Hall–Kier alpha value is -7.61. The van der Waals surface area contributed by atoms with E-state index < -0.39 is 0 Å². The third-order valence-corrected chi connectivity index (χ3v) is 11.9. The van der Waals surface area contributed by atoms with Gasteiger partial charge in [0.2, 0.25) is 0 Å². The van der Waals surface area contributed by atoms with Crippen LogP contribution in [0.25, 0.3) is 94.0 Å². The van der Waals surface area contributed by atoms with Crippen LogP contribution in [0.3, 0.4) is 0 Å². The molecule has 0 saturated carbocycles. The molecule has 1 aliphatic rings. The zero-order chi connectivity index (χ0) is 36.9. The van der Waals surface area contributed by atoms with Crippen LogP contribution in [0, 0.1) is 11.3 Å². The highest BCUT2D eigenvalue weighted by Crippen LogP contribution is 2.49. The summed E-state index contributed by atoms with van der Waals surface area (Å²) in [6.45, 7) is 0. The molecule has 1 aliphatic heterocycles. The fourth-order valence-electron chi connectivity index (χ4n) is 9.65. The average Bonchev–Trinajstić information content (AvgIpc) is 3.89. The molecule has 0 fully saturated rings. The Balaban J connectivity index is 1.34. The molecule has 1 unspecified atom stereocenters. The number of nitrogens with zero attached hydrogens (tertiary/aromatic N) is 4. The summed E-state index contributed by atoms with van der Waals surface area (Å²) in [5.41, 5.74) is 14.0. The summed E-state index contributed by atoms with van der Waals surface area (Å²) in [6, 6.07) is 65.6. The lowest BCUT2D eigenvalue weighted by atomic mass is 9.90. The molecule has 0 radical (unpaired) electrons. The molecule has 0 N–H and O–H groups in total. The number of para-hydroxylation sites is 4. The molecule has 260 valence electrons. The molecule has 8 aromatic carbocycles. The summed E-state index contributed by atoms with van der Waals surface area (Å²) in [4.78, 5) is 0. The van der Waals surface area contributed by atoms with Crippen LogP contribution in [-0.4, -0.2) is 13.7 Å². The van der Waals surface area contributed by atoms with Gasteiger partial charge in [0.15, 0.2) is 0 Å². The number of hydrogen-bond donors (Lipinski definition) is 0. The Bertz CT molecular complexity index is 3430. The molecule has 0 bridgehead atoms. The van der Waals surface area contributed by atoms with Crippen molar-refractivity contribution < 1.29 is 0 Å². The number of allylic oxidation sites excluding steroid dienone is 1. The van der Waals surface area contributed by atoms with Gasteiger partial charge < -0.3 is 13.7 Å². The summed E-state index contributed by atoms with van der Waals surface area (Å²) in [6.07, 6.45) is 4.56. The largest absolute Gasteiger partial charge is 0.328 e. The van der Waals surface area contributed by atoms with E-state index in [0.29, 0.717) is 5.56 Å². The molecule has 1 atom stereocenters. The minimum atomic E-state index is -0.127. The molecule has 0 spiro atoms. The first-order valence-corrected chi connectivity index (χ1v) is 19.1. The maximum Gasteiger partial charge on any atom is 0.0998 e. The normalized spacial score (nSPS) is 13.8. The van der Waals surface area contributed by atoms with E-state index in [4.69, 9.17) is 0 Å². The second-order valence-corrected chi connectivity index (χ2v) is 14.8. The van der Waals surface area contributed by atoms with Gasteiger partial charge in [-0.2, -0.15) is 5.26 Å². The molecule has 12 rings (SSSR count). The molecule has 0 saturated heterocycles. The van der Waals surface area contributed by atoms with Crippen molar-refractivity contribution in [1.29, 1.82) is 5.26 Å². The van der Waals surface area contributed by atoms with Crippen molar-refractivity contribution in [3.63, 3.8) is 0 Å². The number of hydrogen-bond acceptors (Lipinski definition) is 1. The van der Waals surface area contributed by atoms with Crippen LogP contribution < -0.4 is 0 Å². The predicted molar refractivity (Wildman–Crippen MR) is 232 cm³/mol. The molecule has 3 aromatic heterocycles. The van der Waals surface area contributed by atoms with Crippen LogP contribution in [0.5, 0.6) is 0 Å². The molecule has 4 heterocycles. The second kappa shape index (κ2) is 11.7. The highest BCUT2D eigenvalue weighted by Gasteiger charge is 2.29. The van der Waals surface area contributed by atoms with E-state index in [0.717, 1.165) is 55.5 Å². The summed E-state index contributed by atoms with van der Waals surface area (Å²) in [7, 11) is 0. The number of nitriles is 1. The Morgan fingerprint density at radius 3 is 1.80 bits per heavy atom. The van der Waals surface area contributed by atoms with Gasteiger partial charge in [-0.15, -0.1) is 0 Å². The molecule has 4 heteroatoms. The fraction of sp³-hybridized carbons (Fsp3) is 0.0192. The maximum atomic E-state index is 10.7. The van der Waals surface area contributed by atoms with E-state index in [1.54, 1.807) is 0 Å². The van der Waals surface area contributed by atoms with Gasteiger partial charge in [0.1, 0.15) is 0 Å². The highest BCUT2D eigenvalue weighted by atomic mass is 15.0. The van der Waals surface area contributed by atoms with Gasteiger partial charge in [-0.3, -0.25) is 0 Å². The SMILES string of the molecule is N#Cc1cccc2c1-c1cc(-n3c4ccccc4c4ccccc43)cc3c4ccc5c(c6ccccc6n5-c5ccccc5)c4n(c13)C(c1ccccc1)C=C2. The lowest BCUT2D eigenvalue weighted by Crippen LogP contribution is -2.11. The van der Waals surface area contributed by atoms with Gasteiger partial charge in [-0.1, -0.05) is 133 Å². The van der Waals surface area contributed by atoms with Crippen LogP contribution >= 0.6 is 0 Å². The first-order chi connectivity index (χ1) is 27.8. The molecule has 11 aromatic rings. The number of benzene rings is 8. The van der Waals surface area contributed by atoms with Crippen molar-refractivity contribution in [3.05, 3.63) is 199 Å². The fourth-order valence-corrected chi connectivity index (χ4v) is 9.65. The topological polar surface area (TPSA) is 38.6 Å². The van der Waals surface area contributed by atoms with Gasteiger partial charge in [0.25, 0.3) is 0 Å². The third kappa shape index (κ3) is 4.17. The van der Waals surface area contributed by atoms with Gasteiger partial charge in [-0.25, -0.2) is 0 Å². The van der Waals surface area contributed by atoms with Crippen LogP contribution in [-0.2, 0) is 0 Å². The van der Waals surface area contributed by atoms with Crippen molar-refractivity contribution in [2.75, 3.05) is 0 Å². The van der Waals surface area contributed by atoms with Crippen molar-refractivity contribution >= 4 is 71.5 Å². The molecule has 56 heavy (non-hydrogen) atoms. The Labute approximate surface area is 322 Å². The maximum absolute atomic E-state index is 10.7. The predicted octanol–water partition coefficient (Wildman–Crippen LogP) is 13.1. The minimum absolute atomic E-state index is 0.127. The molecule has 0 amide bonds. The van der Waals surface area contributed by atoms with Crippen LogP contribution in [0.2, 0.25) is 0 Å². The number of rotatable bonds is 3. The monoisotopic (exact) mass is 712 g/mol. The van der Waals surface area contributed by atoms with Gasteiger partial charge >= 0.3 is 0 Å². The quantitative estimate of drug-likeness (QED) is 0.180. The van der Waals surface area contributed by atoms with E-state index >= 15 is 0 Å². The lowest BCUT2D eigenvalue weighted by molar-refractivity contribution is 0.758.